The van der Waals surface area contributed by atoms with Crippen molar-refractivity contribution in [2.24, 2.45) is 0 Å². The van der Waals surface area contributed by atoms with Crippen molar-refractivity contribution in [1.82, 2.24) is 4.90 Å². The van der Waals surface area contributed by atoms with Crippen molar-refractivity contribution in [1.29, 1.82) is 5.26 Å². The number of carbonyl (C=O) groups is 1. The smallest absolute Gasteiger partial charge is 0.261 e. The van der Waals surface area contributed by atoms with Gasteiger partial charge in [0.05, 0.1) is 6.07 Å². The normalized spacial score (nSPS) is 9.76. The van der Waals surface area contributed by atoms with Crippen LogP contribution in [0.1, 0.15) is 13.8 Å². The SMILES string of the molecule is CC(C)N(CC#N)C(=O)COc1ccccc1. The fourth-order valence-corrected chi connectivity index (χ4v) is 1.38. The van der Waals surface area contributed by atoms with E-state index >= 15 is 0 Å². The summed E-state index contributed by atoms with van der Waals surface area (Å²) >= 11 is 0. The van der Waals surface area contributed by atoms with Gasteiger partial charge in [0.15, 0.2) is 6.61 Å². The number of benzene rings is 1. The molecule has 0 bridgehead atoms. The molecule has 0 aliphatic heterocycles. The fraction of sp³-hybridized carbons (Fsp3) is 0.385. The van der Waals surface area contributed by atoms with Gasteiger partial charge in [-0.3, -0.25) is 4.79 Å². The second kappa shape index (κ2) is 6.54. The van der Waals surface area contributed by atoms with Crippen LogP contribution in [-0.4, -0.2) is 30.0 Å². The predicted octanol–water partition coefficient (Wildman–Crippen LogP) is 1.83. The van der Waals surface area contributed by atoms with E-state index in [0.717, 1.165) is 0 Å². The summed E-state index contributed by atoms with van der Waals surface area (Å²) in [7, 11) is 0. The van der Waals surface area contributed by atoms with Crippen LogP contribution in [0.2, 0.25) is 0 Å². The van der Waals surface area contributed by atoms with Crippen molar-refractivity contribution in [2.75, 3.05) is 13.2 Å². The molecule has 0 radical (unpaired) electrons. The average molecular weight is 232 g/mol. The molecular weight excluding hydrogens is 216 g/mol. The molecule has 0 atom stereocenters. The second-order valence-corrected chi connectivity index (χ2v) is 3.88. The average Bonchev–Trinajstić information content (AvgIpc) is 2.34. The Morgan fingerprint density at radius 1 is 1.41 bits per heavy atom. The van der Waals surface area contributed by atoms with E-state index in [1.165, 1.54) is 4.90 Å². The van der Waals surface area contributed by atoms with Crippen LogP contribution in [0.15, 0.2) is 30.3 Å². The first-order valence-corrected chi connectivity index (χ1v) is 5.49. The summed E-state index contributed by atoms with van der Waals surface area (Å²) in [5.41, 5.74) is 0. The van der Waals surface area contributed by atoms with Crippen LogP contribution in [0.4, 0.5) is 0 Å². The van der Waals surface area contributed by atoms with Gasteiger partial charge in [0.2, 0.25) is 0 Å². The topological polar surface area (TPSA) is 53.3 Å². The molecule has 1 rings (SSSR count). The van der Waals surface area contributed by atoms with Gasteiger partial charge in [-0.05, 0) is 26.0 Å². The van der Waals surface area contributed by atoms with Crippen LogP contribution in [0.5, 0.6) is 5.75 Å². The predicted molar refractivity (Wildman–Crippen MR) is 64.4 cm³/mol. The molecule has 1 aromatic rings. The third-order valence-electron chi connectivity index (χ3n) is 2.29. The Bertz CT molecular complexity index is 396. The molecule has 1 amide bonds. The maximum atomic E-state index is 11.8. The van der Waals surface area contributed by atoms with Gasteiger partial charge in [0, 0.05) is 6.04 Å². The fourth-order valence-electron chi connectivity index (χ4n) is 1.38. The molecule has 0 aliphatic rings. The summed E-state index contributed by atoms with van der Waals surface area (Å²) in [6, 6.07) is 11.1. The Hall–Kier alpha value is -2.02. The maximum Gasteiger partial charge on any atom is 0.261 e. The van der Waals surface area contributed by atoms with Crippen LogP contribution < -0.4 is 4.74 Å². The summed E-state index contributed by atoms with van der Waals surface area (Å²) in [5, 5.41) is 8.63. The number of para-hydroxylation sites is 1. The van der Waals surface area contributed by atoms with Gasteiger partial charge < -0.3 is 9.64 Å². The lowest BCUT2D eigenvalue weighted by atomic mass is 10.3. The van der Waals surface area contributed by atoms with Crippen molar-refractivity contribution >= 4 is 5.91 Å². The first kappa shape index (κ1) is 13.0. The maximum absolute atomic E-state index is 11.8. The van der Waals surface area contributed by atoms with Gasteiger partial charge in [-0.25, -0.2) is 0 Å². The highest BCUT2D eigenvalue weighted by Gasteiger charge is 2.16. The Kier molecular flexibility index (Phi) is 5.02. The summed E-state index contributed by atoms with van der Waals surface area (Å²) in [4.78, 5) is 13.3. The molecule has 90 valence electrons. The molecule has 0 fully saturated rings. The molecular formula is C13H16N2O2. The molecule has 0 aliphatic carbocycles. The van der Waals surface area contributed by atoms with Crippen molar-refractivity contribution in [3.05, 3.63) is 30.3 Å². The van der Waals surface area contributed by atoms with E-state index < -0.39 is 0 Å². The van der Waals surface area contributed by atoms with E-state index in [2.05, 4.69) is 0 Å². The standard InChI is InChI=1S/C13H16N2O2/c1-11(2)15(9-8-14)13(16)10-17-12-6-4-3-5-7-12/h3-7,11H,9-10H2,1-2H3. The number of nitrogens with zero attached hydrogens (tertiary/aromatic N) is 2. The lowest BCUT2D eigenvalue weighted by Gasteiger charge is -2.23. The monoisotopic (exact) mass is 232 g/mol. The van der Waals surface area contributed by atoms with Gasteiger partial charge in [0.25, 0.3) is 5.91 Å². The van der Waals surface area contributed by atoms with Crippen LogP contribution in [0, 0.1) is 11.3 Å². The minimum Gasteiger partial charge on any atom is -0.484 e. The van der Waals surface area contributed by atoms with Gasteiger partial charge in [-0.1, -0.05) is 18.2 Å². The van der Waals surface area contributed by atoms with Gasteiger partial charge in [0.1, 0.15) is 12.3 Å². The number of ether oxygens (including phenoxy) is 1. The molecule has 0 spiro atoms. The lowest BCUT2D eigenvalue weighted by Crippen LogP contribution is -2.40. The summed E-state index contributed by atoms with van der Waals surface area (Å²) in [5.74, 6) is 0.479. The van der Waals surface area contributed by atoms with Gasteiger partial charge in [-0.2, -0.15) is 5.26 Å². The van der Waals surface area contributed by atoms with E-state index in [1.54, 1.807) is 12.1 Å². The number of hydrogen-bond donors (Lipinski definition) is 0. The van der Waals surface area contributed by atoms with Crippen LogP contribution in [0.3, 0.4) is 0 Å². The van der Waals surface area contributed by atoms with E-state index in [-0.39, 0.29) is 25.1 Å². The molecule has 0 saturated heterocycles. The third kappa shape index (κ3) is 4.15. The lowest BCUT2D eigenvalue weighted by molar-refractivity contribution is -0.134. The summed E-state index contributed by atoms with van der Waals surface area (Å²) in [6.45, 7) is 3.80. The molecule has 0 N–H and O–H groups in total. The highest BCUT2D eigenvalue weighted by molar-refractivity contribution is 5.78. The minimum absolute atomic E-state index is 0.00141. The molecule has 0 saturated carbocycles. The Labute approximate surface area is 101 Å². The minimum atomic E-state index is -0.176. The van der Waals surface area contributed by atoms with Crippen LogP contribution in [-0.2, 0) is 4.79 Å². The Morgan fingerprint density at radius 3 is 2.59 bits per heavy atom. The molecule has 4 nitrogen and oxygen atoms in total. The van der Waals surface area contributed by atoms with Crippen molar-refractivity contribution < 1.29 is 9.53 Å². The van der Waals surface area contributed by atoms with Crippen molar-refractivity contribution in [2.45, 2.75) is 19.9 Å². The highest BCUT2D eigenvalue weighted by Crippen LogP contribution is 2.08. The Balaban J connectivity index is 2.51. The van der Waals surface area contributed by atoms with E-state index in [4.69, 9.17) is 10.00 Å². The van der Waals surface area contributed by atoms with E-state index in [0.29, 0.717) is 5.75 Å². The second-order valence-electron chi connectivity index (χ2n) is 3.88. The molecule has 0 heterocycles. The summed E-state index contributed by atoms with van der Waals surface area (Å²) in [6.07, 6.45) is 0. The Morgan fingerprint density at radius 2 is 2.06 bits per heavy atom. The van der Waals surface area contributed by atoms with Crippen LogP contribution >= 0.6 is 0 Å². The molecule has 17 heavy (non-hydrogen) atoms. The van der Waals surface area contributed by atoms with Crippen LogP contribution in [0.25, 0.3) is 0 Å². The van der Waals surface area contributed by atoms with E-state index in [1.807, 2.05) is 38.1 Å². The largest absolute Gasteiger partial charge is 0.484 e. The first-order chi connectivity index (χ1) is 8.15. The molecule has 0 aromatic heterocycles. The third-order valence-corrected chi connectivity index (χ3v) is 2.29. The highest BCUT2D eigenvalue weighted by atomic mass is 16.5. The number of rotatable bonds is 5. The zero-order valence-electron chi connectivity index (χ0n) is 10.1. The summed E-state index contributed by atoms with van der Waals surface area (Å²) < 4.78 is 5.34. The number of nitriles is 1. The number of carbonyl (C=O) groups excluding carboxylic acids is 1. The van der Waals surface area contributed by atoms with Crippen molar-refractivity contribution in [3.8, 4) is 11.8 Å². The van der Waals surface area contributed by atoms with E-state index in [9.17, 15) is 4.79 Å². The molecule has 0 unspecified atom stereocenters. The zero-order valence-corrected chi connectivity index (χ0v) is 10.1. The van der Waals surface area contributed by atoms with Gasteiger partial charge >= 0.3 is 0 Å². The quantitative estimate of drug-likeness (QED) is 0.728. The van der Waals surface area contributed by atoms with Gasteiger partial charge in [-0.15, -0.1) is 0 Å². The number of amides is 1. The first-order valence-electron chi connectivity index (χ1n) is 5.49. The van der Waals surface area contributed by atoms with Crippen molar-refractivity contribution in [3.63, 3.8) is 0 Å². The number of hydrogen-bond acceptors (Lipinski definition) is 3. The molecule has 1 aromatic carbocycles. The molecule has 4 heteroatoms. The zero-order chi connectivity index (χ0) is 12.7.